The summed E-state index contributed by atoms with van der Waals surface area (Å²) in [5.41, 5.74) is 1.98. The number of aromatic nitrogens is 3. The molecule has 0 fully saturated rings. The fraction of sp³-hybridized carbons (Fsp3) is 0.357. The monoisotopic (exact) mass is 273 g/mol. The summed E-state index contributed by atoms with van der Waals surface area (Å²) < 4.78 is 1.65. The maximum Gasteiger partial charge on any atom is 0.239 e. The van der Waals surface area contributed by atoms with Crippen LogP contribution in [0.3, 0.4) is 0 Å². The van der Waals surface area contributed by atoms with Crippen LogP contribution >= 0.6 is 0 Å². The van der Waals surface area contributed by atoms with Crippen LogP contribution in [0.2, 0.25) is 0 Å². The summed E-state index contributed by atoms with van der Waals surface area (Å²) in [6.45, 7) is 4.14. The molecule has 0 aliphatic carbocycles. The van der Waals surface area contributed by atoms with E-state index in [2.05, 4.69) is 20.7 Å². The normalized spacial score (nSPS) is 12.2. The average molecular weight is 273 g/mol. The molecule has 2 rings (SSSR count). The first-order chi connectivity index (χ1) is 9.56. The molecule has 0 spiro atoms. The molecule has 0 bridgehead atoms. The smallest absolute Gasteiger partial charge is 0.239 e. The summed E-state index contributed by atoms with van der Waals surface area (Å²) in [7, 11) is 1.80. The first-order valence-corrected chi connectivity index (χ1v) is 6.50. The summed E-state index contributed by atoms with van der Waals surface area (Å²) in [6.07, 6.45) is 3.48. The fourth-order valence-electron chi connectivity index (χ4n) is 1.93. The zero-order valence-electron chi connectivity index (χ0n) is 11.9. The second-order valence-corrected chi connectivity index (χ2v) is 4.73. The second kappa shape index (κ2) is 6.29. The molecule has 2 aromatic rings. The number of rotatable bonds is 5. The zero-order chi connectivity index (χ0) is 14.5. The Hall–Kier alpha value is -2.21. The van der Waals surface area contributed by atoms with Gasteiger partial charge in [-0.1, -0.05) is 0 Å². The second-order valence-electron chi connectivity index (χ2n) is 4.73. The van der Waals surface area contributed by atoms with E-state index in [-0.39, 0.29) is 18.5 Å². The van der Waals surface area contributed by atoms with Gasteiger partial charge in [-0.15, -0.1) is 0 Å². The minimum Gasteiger partial charge on any atom is -0.310 e. The van der Waals surface area contributed by atoms with Crippen LogP contribution in [0, 0.1) is 6.92 Å². The predicted molar refractivity (Wildman–Crippen MR) is 77.2 cm³/mol. The quantitative estimate of drug-likeness (QED) is 0.864. The fourth-order valence-corrected chi connectivity index (χ4v) is 1.93. The molecule has 6 heteroatoms. The van der Waals surface area contributed by atoms with Crippen LogP contribution in [0.5, 0.6) is 0 Å². The van der Waals surface area contributed by atoms with Crippen molar-refractivity contribution in [1.82, 2.24) is 20.1 Å². The highest BCUT2D eigenvalue weighted by molar-refractivity contribution is 5.91. The highest BCUT2D eigenvalue weighted by atomic mass is 16.2. The Balaban J connectivity index is 1.85. The van der Waals surface area contributed by atoms with Gasteiger partial charge in [-0.2, -0.15) is 5.10 Å². The van der Waals surface area contributed by atoms with Crippen LogP contribution in [0.1, 0.15) is 24.2 Å². The lowest BCUT2D eigenvalue weighted by Crippen LogP contribution is -2.30. The van der Waals surface area contributed by atoms with Gasteiger partial charge in [0.25, 0.3) is 0 Å². The third-order valence-electron chi connectivity index (χ3n) is 3.04. The minimum atomic E-state index is -0.0890. The van der Waals surface area contributed by atoms with Crippen molar-refractivity contribution in [3.8, 4) is 0 Å². The topological polar surface area (TPSA) is 71.8 Å². The summed E-state index contributed by atoms with van der Waals surface area (Å²) in [4.78, 5) is 15.9. The van der Waals surface area contributed by atoms with Gasteiger partial charge >= 0.3 is 0 Å². The molecule has 6 nitrogen and oxygen atoms in total. The molecule has 20 heavy (non-hydrogen) atoms. The van der Waals surface area contributed by atoms with Crippen molar-refractivity contribution in [3.05, 3.63) is 41.9 Å². The van der Waals surface area contributed by atoms with E-state index in [9.17, 15) is 4.79 Å². The first kappa shape index (κ1) is 14.2. The standard InChI is InChI=1S/C14H19N5O/c1-10-8-13(19(3)18-10)17-14(20)9-16-11(2)12-4-6-15-7-5-12/h4-8,11,16H,9H2,1-3H3,(H,17,20). The first-order valence-electron chi connectivity index (χ1n) is 6.50. The van der Waals surface area contributed by atoms with Gasteiger partial charge in [0.1, 0.15) is 5.82 Å². The Morgan fingerprint density at radius 3 is 2.70 bits per heavy atom. The van der Waals surface area contributed by atoms with E-state index in [1.807, 2.05) is 32.0 Å². The number of anilines is 1. The summed E-state index contributed by atoms with van der Waals surface area (Å²) in [5, 5.41) is 10.2. The van der Waals surface area contributed by atoms with Gasteiger partial charge in [-0.05, 0) is 31.5 Å². The lowest BCUT2D eigenvalue weighted by Gasteiger charge is -2.13. The van der Waals surface area contributed by atoms with Crippen LogP contribution < -0.4 is 10.6 Å². The van der Waals surface area contributed by atoms with E-state index in [4.69, 9.17) is 0 Å². The molecule has 2 heterocycles. The van der Waals surface area contributed by atoms with Crippen molar-refractivity contribution < 1.29 is 4.79 Å². The van der Waals surface area contributed by atoms with Crippen LogP contribution in [-0.2, 0) is 11.8 Å². The van der Waals surface area contributed by atoms with Crippen molar-refractivity contribution >= 4 is 11.7 Å². The van der Waals surface area contributed by atoms with Crippen molar-refractivity contribution in [1.29, 1.82) is 0 Å². The van der Waals surface area contributed by atoms with Crippen molar-refractivity contribution in [3.63, 3.8) is 0 Å². The number of nitrogens with one attached hydrogen (secondary N) is 2. The summed E-state index contributed by atoms with van der Waals surface area (Å²) in [5.74, 6) is 0.611. The average Bonchev–Trinajstić information content (AvgIpc) is 2.75. The number of aryl methyl sites for hydroxylation is 2. The highest BCUT2D eigenvalue weighted by Gasteiger charge is 2.09. The lowest BCUT2D eigenvalue weighted by atomic mass is 10.1. The number of nitrogens with zero attached hydrogens (tertiary/aromatic N) is 3. The number of carbonyl (C=O) groups is 1. The Bertz CT molecular complexity index is 579. The Kier molecular flexibility index (Phi) is 4.47. The van der Waals surface area contributed by atoms with Crippen molar-refractivity contribution in [2.75, 3.05) is 11.9 Å². The molecule has 106 valence electrons. The third-order valence-corrected chi connectivity index (χ3v) is 3.04. The molecule has 1 amide bonds. The molecule has 2 aromatic heterocycles. The molecule has 2 N–H and O–H groups in total. The third kappa shape index (κ3) is 3.64. The maximum absolute atomic E-state index is 11.9. The molecular formula is C14H19N5O. The maximum atomic E-state index is 11.9. The number of pyridine rings is 1. The van der Waals surface area contributed by atoms with Crippen LogP contribution in [-0.4, -0.2) is 27.2 Å². The molecule has 0 saturated carbocycles. The largest absolute Gasteiger partial charge is 0.310 e. The van der Waals surface area contributed by atoms with Gasteiger partial charge in [-0.25, -0.2) is 0 Å². The van der Waals surface area contributed by atoms with Crippen molar-refractivity contribution in [2.45, 2.75) is 19.9 Å². The number of amides is 1. The Morgan fingerprint density at radius 2 is 2.10 bits per heavy atom. The Labute approximate surface area is 118 Å². The lowest BCUT2D eigenvalue weighted by molar-refractivity contribution is -0.115. The number of hydrogen-bond donors (Lipinski definition) is 2. The molecule has 1 atom stereocenters. The Morgan fingerprint density at radius 1 is 1.40 bits per heavy atom. The van der Waals surface area contributed by atoms with Gasteiger partial charge in [0.15, 0.2) is 0 Å². The molecule has 0 aliphatic heterocycles. The predicted octanol–water partition coefficient (Wildman–Crippen LogP) is 1.41. The molecule has 0 radical (unpaired) electrons. The van der Waals surface area contributed by atoms with Crippen LogP contribution in [0.25, 0.3) is 0 Å². The number of carbonyl (C=O) groups excluding carboxylic acids is 1. The van der Waals surface area contributed by atoms with Gasteiger partial charge < -0.3 is 10.6 Å². The van der Waals surface area contributed by atoms with Gasteiger partial charge in [0.2, 0.25) is 5.91 Å². The molecule has 1 unspecified atom stereocenters. The van der Waals surface area contributed by atoms with E-state index in [1.54, 1.807) is 24.1 Å². The van der Waals surface area contributed by atoms with E-state index in [0.29, 0.717) is 5.82 Å². The zero-order valence-corrected chi connectivity index (χ0v) is 11.9. The van der Waals surface area contributed by atoms with E-state index in [0.717, 1.165) is 11.3 Å². The SMILES string of the molecule is Cc1cc(NC(=O)CNC(C)c2ccncc2)n(C)n1. The van der Waals surface area contributed by atoms with Crippen LogP contribution in [0.15, 0.2) is 30.6 Å². The van der Waals surface area contributed by atoms with Crippen LogP contribution in [0.4, 0.5) is 5.82 Å². The van der Waals surface area contributed by atoms with E-state index >= 15 is 0 Å². The number of hydrogen-bond acceptors (Lipinski definition) is 4. The van der Waals surface area contributed by atoms with Gasteiger partial charge in [0, 0.05) is 31.5 Å². The van der Waals surface area contributed by atoms with Gasteiger partial charge in [-0.3, -0.25) is 14.5 Å². The highest BCUT2D eigenvalue weighted by Crippen LogP contribution is 2.10. The molecule has 0 aromatic carbocycles. The van der Waals surface area contributed by atoms with Gasteiger partial charge in [0.05, 0.1) is 12.2 Å². The van der Waals surface area contributed by atoms with Crippen molar-refractivity contribution in [2.24, 2.45) is 7.05 Å². The summed E-state index contributed by atoms with van der Waals surface area (Å²) in [6, 6.07) is 5.79. The molecular weight excluding hydrogens is 254 g/mol. The van der Waals surface area contributed by atoms with E-state index < -0.39 is 0 Å². The van der Waals surface area contributed by atoms with E-state index in [1.165, 1.54) is 0 Å². The minimum absolute atomic E-state index is 0.0890. The summed E-state index contributed by atoms with van der Waals surface area (Å²) >= 11 is 0. The molecule has 0 aliphatic rings. The molecule has 0 saturated heterocycles.